The normalized spacial score (nSPS) is 24.6. The first-order valence-electron chi connectivity index (χ1n) is 5.12. The zero-order valence-electron chi connectivity index (χ0n) is 9.29. The van der Waals surface area contributed by atoms with Crippen LogP contribution in [0.3, 0.4) is 0 Å². The van der Waals surface area contributed by atoms with Gasteiger partial charge >= 0.3 is 6.09 Å². The zero-order valence-corrected chi connectivity index (χ0v) is 10.1. The molecule has 0 saturated carbocycles. The van der Waals surface area contributed by atoms with Gasteiger partial charge in [-0.2, -0.15) is 0 Å². The van der Waals surface area contributed by atoms with E-state index in [0.717, 1.165) is 5.69 Å². The van der Waals surface area contributed by atoms with Crippen LogP contribution in [0.2, 0.25) is 0 Å². The van der Waals surface area contributed by atoms with E-state index in [4.69, 9.17) is 4.74 Å². The van der Waals surface area contributed by atoms with E-state index in [1.165, 1.54) is 0 Å². The van der Waals surface area contributed by atoms with Crippen LogP contribution in [-0.2, 0) is 11.3 Å². The van der Waals surface area contributed by atoms with E-state index in [9.17, 15) is 4.79 Å². The van der Waals surface area contributed by atoms with E-state index in [1.807, 2.05) is 31.4 Å². The Morgan fingerprint density at radius 1 is 1.56 bits per heavy atom. The molecule has 0 aromatic carbocycles. The molecule has 0 unspecified atom stereocenters. The first-order valence-corrected chi connectivity index (χ1v) is 6.41. The molecular weight excluding hydrogens is 224 g/mol. The molecule has 1 aromatic heterocycles. The summed E-state index contributed by atoms with van der Waals surface area (Å²) >= 11 is 1.55. The highest BCUT2D eigenvalue weighted by molar-refractivity contribution is 7.99. The number of carbonyl (C=O) groups excluding carboxylic acids is 1. The van der Waals surface area contributed by atoms with Crippen LogP contribution in [-0.4, -0.2) is 33.7 Å². The molecule has 1 aliphatic rings. The largest absolute Gasteiger partial charge is 0.433 e. The Morgan fingerprint density at radius 2 is 2.38 bits per heavy atom. The zero-order chi connectivity index (χ0) is 11.5. The Morgan fingerprint density at radius 3 is 2.94 bits per heavy atom. The molecule has 0 aliphatic carbocycles. The number of hydrogen-bond acceptors (Lipinski definition) is 4. The summed E-state index contributed by atoms with van der Waals surface area (Å²) in [5, 5.41) is 0. The van der Waals surface area contributed by atoms with Gasteiger partial charge in [0.1, 0.15) is 0 Å². The second-order valence-corrected chi connectivity index (χ2v) is 4.61. The highest BCUT2D eigenvalue weighted by Crippen LogP contribution is 2.27. The Labute approximate surface area is 99.0 Å². The fourth-order valence-electron chi connectivity index (χ4n) is 1.70. The molecule has 0 N–H and O–H groups in total. The summed E-state index contributed by atoms with van der Waals surface area (Å²) in [4.78, 5) is 17.5. The topological polar surface area (TPSA) is 42.4 Å². The molecule has 2 heterocycles. The van der Waals surface area contributed by atoms with Gasteiger partial charge < -0.3 is 4.74 Å². The molecule has 2 atom stereocenters. The van der Waals surface area contributed by atoms with Gasteiger partial charge in [0.15, 0.2) is 5.44 Å². The summed E-state index contributed by atoms with van der Waals surface area (Å²) < 4.78 is 5.23. The molecular formula is C11H14N2O2S. The average molecular weight is 238 g/mol. The number of cyclic esters (lactones) is 1. The van der Waals surface area contributed by atoms with Crippen LogP contribution < -0.4 is 0 Å². The van der Waals surface area contributed by atoms with E-state index in [1.54, 1.807) is 22.9 Å². The number of hydrogen-bond donors (Lipinski definition) is 0. The summed E-state index contributed by atoms with van der Waals surface area (Å²) in [6, 6.07) is 5.77. The fraction of sp³-hybridized carbons (Fsp3) is 0.455. The van der Waals surface area contributed by atoms with Gasteiger partial charge in [0, 0.05) is 6.20 Å². The minimum absolute atomic E-state index is 0.0730. The average Bonchev–Trinajstić information content (AvgIpc) is 2.58. The van der Waals surface area contributed by atoms with Gasteiger partial charge in [-0.15, -0.1) is 11.8 Å². The molecule has 1 amide bonds. The number of rotatable bonds is 3. The molecule has 86 valence electrons. The number of thioether (sulfide) groups is 1. The Kier molecular flexibility index (Phi) is 3.33. The van der Waals surface area contributed by atoms with Gasteiger partial charge in [0.2, 0.25) is 0 Å². The van der Waals surface area contributed by atoms with E-state index >= 15 is 0 Å². The smallest absolute Gasteiger partial charge is 0.411 e. The summed E-state index contributed by atoms with van der Waals surface area (Å²) in [6.07, 6.45) is 3.42. The summed E-state index contributed by atoms with van der Waals surface area (Å²) in [5.41, 5.74) is 0.810. The maximum Gasteiger partial charge on any atom is 0.411 e. The summed E-state index contributed by atoms with van der Waals surface area (Å²) in [5.74, 6) is 0. The van der Waals surface area contributed by atoms with Crippen LogP contribution in [0.25, 0.3) is 0 Å². The molecule has 16 heavy (non-hydrogen) atoms. The van der Waals surface area contributed by atoms with Crippen molar-refractivity contribution in [3.8, 4) is 0 Å². The molecule has 0 radical (unpaired) electrons. The highest BCUT2D eigenvalue weighted by Gasteiger charge is 2.38. The minimum atomic E-state index is -0.252. The van der Waals surface area contributed by atoms with Crippen molar-refractivity contribution in [2.75, 3.05) is 6.26 Å². The monoisotopic (exact) mass is 238 g/mol. The second-order valence-electron chi connectivity index (χ2n) is 3.68. The molecule has 4 nitrogen and oxygen atoms in total. The van der Waals surface area contributed by atoms with Gasteiger partial charge in [-0.3, -0.25) is 9.88 Å². The third-order valence-electron chi connectivity index (χ3n) is 2.63. The van der Waals surface area contributed by atoms with Crippen molar-refractivity contribution >= 4 is 17.9 Å². The molecule has 1 aliphatic heterocycles. The van der Waals surface area contributed by atoms with E-state index < -0.39 is 0 Å². The lowest BCUT2D eigenvalue weighted by atomic mass is 10.3. The third kappa shape index (κ3) is 2.14. The van der Waals surface area contributed by atoms with Crippen molar-refractivity contribution in [1.29, 1.82) is 0 Å². The van der Waals surface area contributed by atoms with Crippen molar-refractivity contribution in [1.82, 2.24) is 9.88 Å². The van der Waals surface area contributed by atoms with Crippen LogP contribution in [0, 0.1) is 0 Å². The van der Waals surface area contributed by atoms with Crippen molar-refractivity contribution in [2.24, 2.45) is 0 Å². The van der Waals surface area contributed by atoms with Crippen molar-refractivity contribution < 1.29 is 9.53 Å². The van der Waals surface area contributed by atoms with E-state index in [0.29, 0.717) is 6.54 Å². The lowest BCUT2D eigenvalue weighted by Crippen LogP contribution is -2.32. The lowest BCUT2D eigenvalue weighted by Gasteiger charge is -2.19. The Hall–Kier alpha value is -1.23. The first-order chi connectivity index (χ1) is 7.72. The Bertz CT molecular complexity index is 372. The second kappa shape index (κ2) is 4.74. The predicted octanol–water partition coefficient (Wildman–Crippen LogP) is 2.11. The van der Waals surface area contributed by atoms with Crippen molar-refractivity contribution in [3.05, 3.63) is 30.1 Å². The molecule has 1 saturated heterocycles. The van der Waals surface area contributed by atoms with Gasteiger partial charge in [0.05, 0.1) is 18.3 Å². The molecule has 0 spiro atoms. The number of pyridine rings is 1. The van der Waals surface area contributed by atoms with Crippen LogP contribution in [0.15, 0.2) is 24.4 Å². The molecule has 1 aromatic rings. The lowest BCUT2D eigenvalue weighted by molar-refractivity contribution is 0.151. The number of carbonyl (C=O) groups is 1. The number of amides is 1. The molecule has 0 bridgehead atoms. The van der Waals surface area contributed by atoms with Crippen LogP contribution in [0.1, 0.15) is 12.6 Å². The third-order valence-corrected chi connectivity index (χ3v) is 3.58. The molecule has 1 fully saturated rings. The van der Waals surface area contributed by atoms with Gasteiger partial charge in [-0.1, -0.05) is 6.07 Å². The Balaban J connectivity index is 2.08. The molecule has 2 rings (SSSR count). The van der Waals surface area contributed by atoms with Crippen LogP contribution in [0.4, 0.5) is 4.79 Å². The number of aromatic nitrogens is 1. The standard InChI is InChI=1S/C11H14N2O2S/c1-8-10(16-2)15-11(14)13(8)7-9-5-3-4-6-12-9/h3-6,8,10H,7H2,1-2H3/t8-,10-/m1/s1. The van der Waals surface area contributed by atoms with Gasteiger partial charge in [-0.05, 0) is 25.3 Å². The quantitative estimate of drug-likeness (QED) is 0.809. The van der Waals surface area contributed by atoms with Crippen LogP contribution >= 0.6 is 11.8 Å². The van der Waals surface area contributed by atoms with Crippen LogP contribution in [0.5, 0.6) is 0 Å². The maximum atomic E-state index is 11.6. The molecule has 5 heteroatoms. The van der Waals surface area contributed by atoms with E-state index in [-0.39, 0.29) is 17.6 Å². The summed E-state index contributed by atoms with van der Waals surface area (Å²) in [6.45, 7) is 2.51. The summed E-state index contributed by atoms with van der Waals surface area (Å²) in [7, 11) is 0. The van der Waals surface area contributed by atoms with Crippen molar-refractivity contribution in [2.45, 2.75) is 24.9 Å². The number of nitrogens with zero attached hydrogens (tertiary/aromatic N) is 2. The maximum absolute atomic E-state index is 11.6. The van der Waals surface area contributed by atoms with E-state index in [2.05, 4.69) is 4.98 Å². The first kappa shape index (κ1) is 11.3. The predicted molar refractivity (Wildman–Crippen MR) is 63.0 cm³/mol. The number of ether oxygens (including phenoxy) is 1. The van der Waals surface area contributed by atoms with Gasteiger partial charge in [0.25, 0.3) is 0 Å². The van der Waals surface area contributed by atoms with Crippen molar-refractivity contribution in [3.63, 3.8) is 0 Å². The fourth-order valence-corrected chi connectivity index (χ4v) is 2.42. The highest BCUT2D eigenvalue weighted by atomic mass is 32.2. The SMILES string of the molecule is CS[C@H]1OC(=O)N(Cc2ccccn2)[C@@H]1C. The minimum Gasteiger partial charge on any atom is -0.433 e. The van der Waals surface area contributed by atoms with Gasteiger partial charge in [-0.25, -0.2) is 4.79 Å².